The third-order valence-electron chi connectivity index (χ3n) is 7.66. The van der Waals surface area contributed by atoms with Crippen LogP contribution < -0.4 is 14.4 Å². The molecule has 47 heavy (non-hydrogen) atoms. The van der Waals surface area contributed by atoms with Crippen LogP contribution in [0.25, 0.3) is 0 Å². The number of nitrogens with one attached hydrogen (secondary N) is 1. The number of anilines is 1. The lowest BCUT2D eigenvalue weighted by Gasteiger charge is -2.34. The Labute approximate surface area is 291 Å². The average Bonchev–Trinajstić information content (AvgIpc) is 3.06. The van der Waals surface area contributed by atoms with E-state index in [1.54, 1.807) is 36.4 Å². The number of sulfonamides is 1. The molecule has 2 atom stereocenters. The van der Waals surface area contributed by atoms with Gasteiger partial charge in [-0.1, -0.05) is 96.3 Å². The molecule has 0 saturated heterocycles. The number of nitrogens with zero attached hydrogens (tertiary/aromatic N) is 2. The summed E-state index contributed by atoms with van der Waals surface area (Å²) < 4.78 is 34.6. The predicted octanol–water partition coefficient (Wildman–Crippen LogP) is 7.41. The Bertz CT molecular complexity index is 1790. The minimum Gasteiger partial charge on any atom is -0.495 e. The zero-order valence-electron chi connectivity index (χ0n) is 26.2. The van der Waals surface area contributed by atoms with E-state index in [1.807, 2.05) is 44.2 Å². The molecule has 0 aliphatic heterocycles. The molecule has 12 heteroatoms. The summed E-state index contributed by atoms with van der Waals surface area (Å²) in [5, 5.41) is 3.87. The summed E-state index contributed by atoms with van der Waals surface area (Å²) >= 11 is 19.2. The summed E-state index contributed by atoms with van der Waals surface area (Å²) in [6.07, 6.45) is 0.835. The minimum absolute atomic E-state index is 0.0256. The van der Waals surface area contributed by atoms with Crippen molar-refractivity contribution < 1.29 is 22.7 Å². The van der Waals surface area contributed by atoms with Crippen LogP contribution in [0.1, 0.15) is 31.4 Å². The van der Waals surface area contributed by atoms with Gasteiger partial charge in [-0.25, -0.2) is 8.42 Å². The number of amides is 2. The number of ether oxygens (including phenoxy) is 1. The lowest BCUT2D eigenvalue weighted by molar-refractivity contribution is -0.140. The number of halogens is 3. The Balaban J connectivity index is 1.84. The molecule has 0 aliphatic rings. The van der Waals surface area contributed by atoms with Gasteiger partial charge < -0.3 is 15.0 Å². The lowest BCUT2D eigenvalue weighted by atomic mass is 10.0. The van der Waals surface area contributed by atoms with Crippen LogP contribution in [0, 0.1) is 0 Å². The lowest BCUT2D eigenvalue weighted by Crippen LogP contribution is -2.54. The van der Waals surface area contributed by atoms with Gasteiger partial charge in [-0.15, -0.1) is 0 Å². The van der Waals surface area contributed by atoms with Crippen LogP contribution in [0.4, 0.5) is 5.69 Å². The molecule has 0 bridgehead atoms. The van der Waals surface area contributed by atoms with Crippen molar-refractivity contribution in [2.45, 2.75) is 50.2 Å². The molecule has 0 radical (unpaired) electrons. The summed E-state index contributed by atoms with van der Waals surface area (Å²) in [5.74, 6) is -0.684. The molecule has 0 fully saturated rings. The van der Waals surface area contributed by atoms with Crippen LogP contribution in [0.15, 0.2) is 102 Å². The molecule has 0 aliphatic carbocycles. The molecule has 0 spiro atoms. The van der Waals surface area contributed by atoms with Gasteiger partial charge in [0.05, 0.1) is 22.7 Å². The number of rotatable bonds is 14. The number of hydrogen-bond donors (Lipinski definition) is 1. The third kappa shape index (κ3) is 9.20. The second kappa shape index (κ2) is 16.4. The first-order chi connectivity index (χ1) is 22.4. The monoisotopic (exact) mass is 715 g/mol. The van der Waals surface area contributed by atoms with Gasteiger partial charge in [0.25, 0.3) is 10.0 Å². The molecule has 2 amide bonds. The molecule has 4 aromatic carbocycles. The molecular weight excluding hydrogens is 681 g/mol. The van der Waals surface area contributed by atoms with Gasteiger partial charge in [-0.05, 0) is 66.9 Å². The highest BCUT2D eigenvalue weighted by molar-refractivity contribution is 7.92. The van der Waals surface area contributed by atoms with E-state index >= 15 is 0 Å². The SMILES string of the molecule is CC[C@@H](C)NC(=O)[C@H](Cc1ccccc1)N(Cc1ccc(Cl)cc1Cl)C(=O)CN(c1ccc(OC)c(Cl)c1)S(=O)(=O)c1ccccc1. The normalized spacial score (nSPS) is 12.6. The first-order valence-corrected chi connectivity index (χ1v) is 17.5. The van der Waals surface area contributed by atoms with Crippen LogP contribution in [0.2, 0.25) is 15.1 Å². The topological polar surface area (TPSA) is 96.0 Å². The number of methoxy groups -OCH3 is 1. The first kappa shape index (κ1) is 36.1. The molecule has 248 valence electrons. The maximum atomic E-state index is 14.6. The van der Waals surface area contributed by atoms with Gasteiger partial charge in [0.1, 0.15) is 18.3 Å². The van der Waals surface area contributed by atoms with E-state index in [1.165, 1.54) is 42.3 Å². The van der Waals surface area contributed by atoms with E-state index in [2.05, 4.69) is 5.32 Å². The Morgan fingerprint density at radius 1 is 0.872 bits per heavy atom. The average molecular weight is 717 g/mol. The van der Waals surface area contributed by atoms with Gasteiger partial charge in [-0.2, -0.15) is 0 Å². The van der Waals surface area contributed by atoms with Crippen LogP contribution in [-0.4, -0.2) is 50.9 Å². The smallest absolute Gasteiger partial charge is 0.264 e. The van der Waals surface area contributed by atoms with Crippen LogP contribution in [-0.2, 0) is 32.6 Å². The van der Waals surface area contributed by atoms with Gasteiger partial charge in [0.2, 0.25) is 11.8 Å². The van der Waals surface area contributed by atoms with Crippen molar-refractivity contribution in [3.63, 3.8) is 0 Å². The first-order valence-electron chi connectivity index (χ1n) is 14.9. The van der Waals surface area contributed by atoms with E-state index in [9.17, 15) is 18.0 Å². The van der Waals surface area contributed by atoms with E-state index in [4.69, 9.17) is 39.5 Å². The van der Waals surface area contributed by atoms with Gasteiger partial charge in [0.15, 0.2) is 0 Å². The Kier molecular flexibility index (Phi) is 12.6. The third-order valence-corrected chi connectivity index (χ3v) is 10.3. The standard InChI is InChI=1S/C35H36Cl3N3O5S/c1-4-24(2)39-35(43)32(19-25-11-7-5-8-12-25)40(22-26-15-16-27(36)20-30(26)37)34(42)23-41(28-17-18-33(46-3)31(38)21-28)47(44,45)29-13-9-6-10-14-29/h5-18,20-21,24,32H,4,19,22-23H2,1-3H3,(H,39,43)/t24-,32+/m1/s1. The minimum atomic E-state index is -4.29. The second-order valence-corrected chi connectivity index (χ2v) is 14.0. The van der Waals surface area contributed by atoms with Gasteiger partial charge in [-0.3, -0.25) is 13.9 Å². The highest BCUT2D eigenvalue weighted by Crippen LogP contribution is 2.32. The molecule has 0 heterocycles. The van der Waals surface area contributed by atoms with E-state index in [0.29, 0.717) is 27.8 Å². The second-order valence-electron chi connectivity index (χ2n) is 10.9. The van der Waals surface area contributed by atoms with Gasteiger partial charge in [0, 0.05) is 29.1 Å². The molecule has 0 aromatic heterocycles. The molecule has 4 aromatic rings. The summed E-state index contributed by atoms with van der Waals surface area (Å²) in [5.41, 5.74) is 1.48. The number of carbonyl (C=O) groups is 2. The zero-order chi connectivity index (χ0) is 34.1. The maximum absolute atomic E-state index is 14.6. The fourth-order valence-corrected chi connectivity index (χ4v) is 7.03. The summed E-state index contributed by atoms with van der Waals surface area (Å²) in [6.45, 7) is 3.08. The quantitative estimate of drug-likeness (QED) is 0.147. The molecule has 8 nitrogen and oxygen atoms in total. The molecule has 4 rings (SSSR count). The van der Waals surface area contributed by atoms with Crippen molar-refractivity contribution in [1.29, 1.82) is 0 Å². The number of hydrogen-bond acceptors (Lipinski definition) is 5. The molecule has 1 N–H and O–H groups in total. The van der Waals surface area contributed by atoms with Crippen molar-refractivity contribution >= 4 is 62.3 Å². The van der Waals surface area contributed by atoms with E-state index in [-0.39, 0.29) is 40.5 Å². The zero-order valence-corrected chi connectivity index (χ0v) is 29.3. The molecular formula is C35H36Cl3N3O5S. The van der Waals surface area contributed by atoms with Crippen molar-refractivity contribution in [2.75, 3.05) is 18.0 Å². The van der Waals surface area contributed by atoms with E-state index in [0.717, 1.165) is 9.87 Å². The Morgan fingerprint density at radius 3 is 2.13 bits per heavy atom. The molecule has 0 saturated carbocycles. The van der Waals surface area contributed by atoms with Crippen molar-refractivity contribution in [3.8, 4) is 5.75 Å². The fraction of sp³-hybridized carbons (Fsp3) is 0.257. The van der Waals surface area contributed by atoms with Crippen molar-refractivity contribution in [1.82, 2.24) is 10.2 Å². The summed E-state index contributed by atoms with van der Waals surface area (Å²) in [7, 11) is -2.85. The van der Waals surface area contributed by atoms with Crippen molar-refractivity contribution in [3.05, 3.63) is 123 Å². The fourth-order valence-electron chi connectivity index (χ4n) is 4.89. The maximum Gasteiger partial charge on any atom is 0.264 e. The highest BCUT2D eigenvalue weighted by atomic mass is 35.5. The number of benzene rings is 4. The van der Waals surface area contributed by atoms with Crippen LogP contribution >= 0.6 is 34.8 Å². The van der Waals surface area contributed by atoms with E-state index < -0.39 is 28.5 Å². The van der Waals surface area contributed by atoms with Crippen molar-refractivity contribution in [2.24, 2.45) is 0 Å². The number of carbonyl (C=O) groups excluding carboxylic acids is 2. The van der Waals surface area contributed by atoms with Crippen LogP contribution in [0.5, 0.6) is 5.75 Å². The Hall–Kier alpha value is -3.76. The summed E-state index contributed by atoms with van der Waals surface area (Å²) in [4.78, 5) is 29.9. The van der Waals surface area contributed by atoms with Crippen LogP contribution in [0.3, 0.4) is 0 Å². The molecule has 0 unspecified atom stereocenters. The largest absolute Gasteiger partial charge is 0.495 e. The summed E-state index contributed by atoms with van der Waals surface area (Å²) in [6, 6.07) is 25.2. The Morgan fingerprint density at radius 2 is 1.53 bits per heavy atom. The highest BCUT2D eigenvalue weighted by Gasteiger charge is 2.35. The van der Waals surface area contributed by atoms with Gasteiger partial charge >= 0.3 is 0 Å². The predicted molar refractivity (Wildman–Crippen MR) is 188 cm³/mol.